The van der Waals surface area contributed by atoms with E-state index in [1.807, 2.05) is 43.3 Å². The lowest BCUT2D eigenvalue weighted by molar-refractivity contribution is -0.122. The van der Waals surface area contributed by atoms with E-state index in [0.29, 0.717) is 17.1 Å². The summed E-state index contributed by atoms with van der Waals surface area (Å²) in [6, 6.07) is 13.2. The van der Waals surface area contributed by atoms with Crippen molar-refractivity contribution in [2.24, 2.45) is 0 Å². The molecule has 0 aliphatic carbocycles. The summed E-state index contributed by atoms with van der Waals surface area (Å²) in [4.78, 5) is 12.2. The van der Waals surface area contributed by atoms with Gasteiger partial charge in [0.15, 0.2) is 6.10 Å². The number of aryl methyl sites for hydroxylation is 1. The average molecular weight is 288 g/mol. The third kappa shape index (κ3) is 2.49. The summed E-state index contributed by atoms with van der Waals surface area (Å²) in [7, 11) is 0. The number of halogens is 1. The molecular formula is C16H14ClNO2. The van der Waals surface area contributed by atoms with Crippen LogP contribution in [0, 0.1) is 6.92 Å². The second-order valence-electron chi connectivity index (χ2n) is 4.87. The molecule has 1 aliphatic heterocycles. The molecule has 0 saturated carbocycles. The van der Waals surface area contributed by atoms with Crippen LogP contribution < -0.4 is 10.1 Å². The number of ether oxygens (including phenoxy) is 1. The molecule has 0 unspecified atom stereocenters. The van der Waals surface area contributed by atoms with E-state index in [1.54, 1.807) is 6.07 Å². The zero-order valence-electron chi connectivity index (χ0n) is 11.0. The number of hydrogen-bond acceptors (Lipinski definition) is 2. The molecule has 0 bridgehead atoms. The monoisotopic (exact) mass is 287 g/mol. The Morgan fingerprint density at radius 1 is 1.30 bits per heavy atom. The van der Waals surface area contributed by atoms with Gasteiger partial charge in [-0.3, -0.25) is 4.79 Å². The van der Waals surface area contributed by atoms with Crippen molar-refractivity contribution >= 4 is 23.2 Å². The van der Waals surface area contributed by atoms with E-state index in [4.69, 9.17) is 16.3 Å². The van der Waals surface area contributed by atoms with Crippen molar-refractivity contribution in [1.29, 1.82) is 0 Å². The van der Waals surface area contributed by atoms with Crippen LogP contribution in [0.5, 0.6) is 5.75 Å². The quantitative estimate of drug-likeness (QED) is 0.917. The second-order valence-corrected chi connectivity index (χ2v) is 5.28. The first-order chi connectivity index (χ1) is 9.63. The molecule has 2 aromatic carbocycles. The van der Waals surface area contributed by atoms with Crippen LogP contribution in [-0.2, 0) is 11.2 Å². The Hall–Kier alpha value is -2.00. The van der Waals surface area contributed by atoms with Crippen LogP contribution in [-0.4, -0.2) is 12.0 Å². The molecule has 1 atom stereocenters. The largest absolute Gasteiger partial charge is 0.480 e. The summed E-state index contributed by atoms with van der Waals surface area (Å²) in [6.07, 6.45) is 0.120. The molecule has 0 spiro atoms. The summed E-state index contributed by atoms with van der Waals surface area (Å²) in [5, 5.41) is 3.48. The minimum absolute atomic E-state index is 0.152. The van der Waals surface area contributed by atoms with E-state index < -0.39 is 6.10 Å². The predicted octanol–water partition coefficient (Wildman–Crippen LogP) is 3.59. The first-order valence-corrected chi connectivity index (χ1v) is 6.83. The topological polar surface area (TPSA) is 38.3 Å². The molecule has 20 heavy (non-hydrogen) atoms. The van der Waals surface area contributed by atoms with Crippen LogP contribution in [0.3, 0.4) is 0 Å². The maximum absolute atomic E-state index is 12.2. The number of hydrogen-bond donors (Lipinski definition) is 1. The van der Waals surface area contributed by atoms with Crippen LogP contribution >= 0.6 is 11.6 Å². The van der Waals surface area contributed by atoms with Crippen LogP contribution in [0.15, 0.2) is 42.5 Å². The highest BCUT2D eigenvalue weighted by molar-refractivity contribution is 6.31. The Morgan fingerprint density at radius 3 is 2.85 bits per heavy atom. The van der Waals surface area contributed by atoms with Gasteiger partial charge in [-0.15, -0.1) is 0 Å². The van der Waals surface area contributed by atoms with Crippen molar-refractivity contribution in [3.63, 3.8) is 0 Å². The van der Waals surface area contributed by atoms with E-state index in [9.17, 15) is 4.79 Å². The minimum atomic E-state index is -0.479. The molecule has 1 amide bonds. The highest BCUT2D eigenvalue weighted by Gasteiger charge is 2.28. The highest BCUT2D eigenvalue weighted by Crippen LogP contribution is 2.29. The Balaban J connectivity index is 1.71. The molecule has 3 nitrogen and oxygen atoms in total. The zero-order valence-corrected chi connectivity index (χ0v) is 11.8. The van der Waals surface area contributed by atoms with Crippen molar-refractivity contribution in [2.75, 3.05) is 5.32 Å². The summed E-state index contributed by atoms with van der Waals surface area (Å²) in [6.45, 7) is 1.92. The lowest BCUT2D eigenvalue weighted by Crippen LogP contribution is -2.31. The maximum atomic E-state index is 12.2. The number of nitrogens with one attached hydrogen (secondary N) is 1. The van der Waals surface area contributed by atoms with Gasteiger partial charge in [0.05, 0.1) is 0 Å². The predicted molar refractivity (Wildman–Crippen MR) is 79.4 cm³/mol. The fourth-order valence-corrected chi connectivity index (χ4v) is 2.40. The lowest BCUT2D eigenvalue weighted by Gasteiger charge is -2.12. The third-order valence-electron chi connectivity index (χ3n) is 3.38. The molecule has 102 valence electrons. The normalized spacial score (nSPS) is 16.4. The Labute approximate surface area is 122 Å². The highest BCUT2D eigenvalue weighted by atomic mass is 35.5. The van der Waals surface area contributed by atoms with E-state index in [2.05, 4.69) is 5.32 Å². The molecule has 1 N–H and O–H groups in total. The van der Waals surface area contributed by atoms with Crippen molar-refractivity contribution in [1.82, 2.24) is 0 Å². The van der Waals surface area contributed by atoms with Gasteiger partial charge in [0.1, 0.15) is 5.75 Å². The Kier molecular flexibility index (Phi) is 3.36. The molecule has 0 saturated heterocycles. The Morgan fingerprint density at radius 2 is 2.10 bits per heavy atom. The fraction of sp³-hybridized carbons (Fsp3) is 0.188. The van der Waals surface area contributed by atoms with Gasteiger partial charge in [-0.05, 0) is 36.2 Å². The number of rotatable bonds is 2. The van der Waals surface area contributed by atoms with E-state index in [0.717, 1.165) is 16.9 Å². The molecule has 0 fully saturated rings. The average Bonchev–Trinajstić information content (AvgIpc) is 2.87. The SMILES string of the molecule is Cc1ccc(NC(=O)[C@@H]2Cc3ccccc3O2)cc1Cl. The number of fused-ring (bicyclic) bond motifs is 1. The van der Waals surface area contributed by atoms with Gasteiger partial charge in [-0.2, -0.15) is 0 Å². The molecule has 4 heteroatoms. The summed E-state index contributed by atoms with van der Waals surface area (Å²) >= 11 is 6.05. The van der Waals surface area contributed by atoms with Crippen LogP contribution in [0.1, 0.15) is 11.1 Å². The first kappa shape index (κ1) is 13.0. The van der Waals surface area contributed by atoms with Crippen molar-refractivity contribution < 1.29 is 9.53 Å². The molecule has 0 radical (unpaired) electrons. The van der Waals surface area contributed by atoms with Crippen LogP contribution in [0.4, 0.5) is 5.69 Å². The smallest absolute Gasteiger partial charge is 0.265 e. The van der Waals surface area contributed by atoms with Crippen LogP contribution in [0.25, 0.3) is 0 Å². The second kappa shape index (κ2) is 5.17. The number of para-hydroxylation sites is 1. The van der Waals surface area contributed by atoms with E-state index in [1.165, 1.54) is 0 Å². The van der Waals surface area contributed by atoms with Crippen molar-refractivity contribution in [3.8, 4) is 5.75 Å². The number of carbonyl (C=O) groups is 1. The van der Waals surface area contributed by atoms with Gasteiger partial charge < -0.3 is 10.1 Å². The van der Waals surface area contributed by atoms with E-state index >= 15 is 0 Å². The lowest BCUT2D eigenvalue weighted by atomic mass is 10.1. The number of benzene rings is 2. The number of anilines is 1. The van der Waals surface area contributed by atoms with Gasteiger partial charge in [0.2, 0.25) is 0 Å². The molecule has 1 heterocycles. The summed E-state index contributed by atoms with van der Waals surface area (Å²) < 4.78 is 5.65. The van der Waals surface area contributed by atoms with Crippen molar-refractivity contribution in [3.05, 3.63) is 58.6 Å². The molecule has 2 aromatic rings. The standard InChI is InChI=1S/C16H14ClNO2/c1-10-6-7-12(9-13(10)17)18-16(19)15-8-11-4-2-3-5-14(11)20-15/h2-7,9,15H,8H2,1H3,(H,18,19)/t15-/m0/s1. The molecule has 3 rings (SSSR count). The number of carbonyl (C=O) groups excluding carboxylic acids is 1. The Bertz CT molecular complexity index is 644. The van der Waals surface area contributed by atoms with Gasteiger partial charge >= 0.3 is 0 Å². The summed E-state index contributed by atoms with van der Waals surface area (Å²) in [5.41, 5.74) is 2.73. The van der Waals surface area contributed by atoms with Gasteiger partial charge in [-0.25, -0.2) is 0 Å². The summed E-state index contributed by atoms with van der Waals surface area (Å²) in [5.74, 6) is 0.635. The maximum Gasteiger partial charge on any atom is 0.265 e. The van der Waals surface area contributed by atoms with Gasteiger partial charge in [-0.1, -0.05) is 35.9 Å². The number of amides is 1. The first-order valence-electron chi connectivity index (χ1n) is 6.45. The van der Waals surface area contributed by atoms with E-state index in [-0.39, 0.29) is 5.91 Å². The zero-order chi connectivity index (χ0) is 14.1. The third-order valence-corrected chi connectivity index (χ3v) is 3.79. The molecule has 1 aliphatic rings. The fourth-order valence-electron chi connectivity index (χ4n) is 2.22. The molecular weight excluding hydrogens is 274 g/mol. The van der Waals surface area contributed by atoms with Gasteiger partial charge in [0, 0.05) is 17.1 Å². The van der Waals surface area contributed by atoms with Gasteiger partial charge in [0.25, 0.3) is 5.91 Å². The minimum Gasteiger partial charge on any atom is -0.480 e. The van der Waals surface area contributed by atoms with Crippen LogP contribution in [0.2, 0.25) is 5.02 Å². The van der Waals surface area contributed by atoms with Crippen molar-refractivity contribution in [2.45, 2.75) is 19.4 Å². The molecule has 0 aromatic heterocycles.